The van der Waals surface area contributed by atoms with Gasteiger partial charge in [0.1, 0.15) is 0 Å². The molecule has 1 saturated heterocycles. The van der Waals surface area contributed by atoms with Gasteiger partial charge < -0.3 is 10.6 Å². The van der Waals surface area contributed by atoms with Crippen LogP contribution in [0.25, 0.3) is 0 Å². The van der Waals surface area contributed by atoms with E-state index >= 15 is 0 Å². The van der Waals surface area contributed by atoms with Gasteiger partial charge in [0.2, 0.25) is 5.91 Å². The molecule has 3 nitrogen and oxygen atoms in total. The van der Waals surface area contributed by atoms with E-state index in [1.54, 1.807) is 0 Å². The van der Waals surface area contributed by atoms with Gasteiger partial charge in [-0.05, 0) is 56.9 Å². The Labute approximate surface area is 140 Å². The molecule has 1 aliphatic heterocycles. The maximum atomic E-state index is 12.6. The summed E-state index contributed by atoms with van der Waals surface area (Å²) < 4.78 is 0. The van der Waals surface area contributed by atoms with E-state index in [0.717, 1.165) is 57.5 Å². The Kier molecular flexibility index (Phi) is 5.37. The second-order valence-corrected chi connectivity index (χ2v) is 7.49. The zero-order valence-electron chi connectivity index (χ0n) is 14.3. The molecule has 126 valence electrons. The molecule has 2 unspecified atom stereocenters. The fourth-order valence-electron chi connectivity index (χ4n) is 4.10. The molecule has 1 aliphatic carbocycles. The number of carbonyl (C=O) groups is 1. The summed E-state index contributed by atoms with van der Waals surface area (Å²) in [5.74, 6) is 1.18. The number of hydrogen-bond acceptors (Lipinski definition) is 2. The van der Waals surface area contributed by atoms with E-state index in [1.165, 1.54) is 17.5 Å². The molecule has 1 aromatic rings. The van der Waals surface area contributed by atoms with E-state index in [1.807, 2.05) is 0 Å². The summed E-state index contributed by atoms with van der Waals surface area (Å²) in [4.78, 5) is 14.7. The van der Waals surface area contributed by atoms with Crippen molar-refractivity contribution >= 4 is 5.91 Å². The average molecular weight is 314 g/mol. The van der Waals surface area contributed by atoms with Crippen molar-refractivity contribution in [1.82, 2.24) is 4.90 Å². The molecule has 2 fully saturated rings. The van der Waals surface area contributed by atoms with Crippen LogP contribution in [0.2, 0.25) is 0 Å². The Bertz CT molecular complexity index is 517. The van der Waals surface area contributed by atoms with Crippen molar-refractivity contribution in [1.29, 1.82) is 0 Å². The lowest BCUT2D eigenvalue weighted by Crippen LogP contribution is -2.45. The van der Waals surface area contributed by atoms with Crippen LogP contribution in [0.3, 0.4) is 0 Å². The van der Waals surface area contributed by atoms with Gasteiger partial charge in [-0.3, -0.25) is 4.79 Å². The number of hydrogen-bond donors (Lipinski definition) is 1. The Morgan fingerprint density at radius 2 is 1.83 bits per heavy atom. The largest absolute Gasteiger partial charge is 0.342 e. The molecule has 0 aromatic heterocycles. The van der Waals surface area contributed by atoms with Crippen LogP contribution in [-0.4, -0.2) is 29.9 Å². The van der Waals surface area contributed by atoms with Gasteiger partial charge in [0, 0.05) is 19.1 Å². The van der Waals surface area contributed by atoms with Crippen LogP contribution in [-0.2, 0) is 11.2 Å². The first-order valence-corrected chi connectivity index (χ1v) is 9.23. The van der Waals surface area contributed by atoms with Crippen LogP contribution in [0.15, 0.2) is 24.3 Å². The van der Waals surface area contributed by atoms with Crippen LogP contribution >= 0.6 is 0 Å². The third kappa shape index (κ3) is 4.14. The summed E-state index contributed by atoms with van der Waals surface area (Å²) in [7, 11) is 0. The molecule has 0 spiro atoms. The first kappa shape index (κ1) is 16.5. The van der Waals surface area contributed by atoms with E-state index in [4.69, 9.17) is 5.73 Å². The normalized spacial score (nSPS) is 25.7. The van der Waals surface area contributed by atoms with Gasteiger partial charge >= 0.3 is 0 Å². The quantitative estimate of drug-likeness (QED) is 0.927. The van der Waals surface area contributed by atoms with Crippen LogP contribution in [0, 0.1) is 18.8 Å². The molecule has 1 aromatic carbocycles. The third-order valence-corrected chi connectivity index (χ3v) is 5.77. The SMILES string of the molecule is Cc1ccc(CCC2CCN(C(=O)C3CCCC3N)CC2)cc1. The number of piperidine rings is 1. The van der Waals surface area contributed by atoms with Crippen molar-refractivity contribution in [2.45, 2.75) is 57.9 Å². The number of likely N-dealkylation sites (tertiary alicyclic amines) is 1. The number of amides is 1. The van der Waals surface area contributed by atoms with E-state index in [2.05, 4.69) is 36.1 Å². The standard InChI is InChI=1S/C20H30N2O/c1-15-5-7-16(8-6-15)9-10-17-11-13-22(14-12-17)20(23)18-3-2-4-19(18)21/h5-8,17-19H,2-4,9-14,21H2,1H3. The van der Waals surface area contributed by atoms with Gasteiger partial charge in [-0.1, -0.05) is 36.2 Å². The lowest BCUT2D eigenvalue weighted by atomic mass is 9.89. The maximum absolute atomic E-state index is 12.6. The first-order valence-electron chi connectivity index (χ1n) is 9.23. The van der Waals surface area contributed by atoms with Crippen molar-refractivity contribution in [2.24, 2.45) is 17.6 Å². The molecule has 0 radical (unpaired) electrons. The highest BCUT2D eigenvalue weighted by molar-refractivity contribution is 5.80. The molecule has 2 N–H and O–H groups in total. The monoisotopic (exact) mass is 314 g/mol. The number of rotatable bonds is 4. The molecule has 1 heterocycles. The third-order valence-electron chi connectivity index (χ3n) is 5.77. The summed E-state index contributed by atoms with van der Waals surface area (Å²) >= 11 is 0. The number of nitrogens with two attached hydrogens (primary N) is 1. The Balaban J connectivity index is 1.43. The molecule has 23 heavy (non-hydrogen) atoms. The van der Waals surface area contributed by atoms with Crippen molar-refractivity contribution < 1.29 is 4.79 Å². The van der Waals surface area contributed by atoms with Crippen LogP contribution in [0.5, 0.6) is 0 Å². The summed E-state index contributed by atoms with van der Waals surface area (Å²) in [6.07, 6.45) is 7.83. The summed E-state index contributed by atoms with van der Waals surface area (Å²) in [5, 5.41) is 0. The number of carbonyl (C=O) groups excluding carboxylic acids is 1. The number of benzene rings is 1. The lowest BCUT2D eigenvalue weighted by molar-refractivity contribution is -0.137. The fourth-order valence-corrected chi connectivity index (χ4v) is 4.10. The minimum atomic E-state index is 0.0964. The van der Waals surface area contributed by atoms with Crippen molar-refractivity contribution in [3.05, 3.63) is 35.4 Å². The average Bonchev–Trinajstić information content (AvgIpc) is 3.00. The molecule has 0 bridgehead atoms. The van der Waals surface area contributed by atoms with Gasteiger partial charge in [-0.25, -0.2) is 0 Å². The molecule has 3 heteroatoms. The fraction of sp³-hybridized carbons (Fsp3) is 0.650. The van der Waals surface area contributed by atoms with Crippen LogP contribution in [0.1, 0.15) is 49.7 Å². The molecular weight excluding hydrogens is 284 g/mol. The van der Waals surface area contributed by atoms with Gasteiger partial charge in [0.25, 0.3) is 0 Å². The van der Waals surface area contributed by atoms with E-state index in [9.17, 15) is 4.79 Å². The Morgan fingerprint density at radius 1 is 1.13 bits per heavy atom. The van der Waals surface area contributed by atoms with Gasteiger partial charge in [0.15, 0.2) is 0 Å². The molecule has 1 saturated carbocycles. The lowest BCUT2D eigenvalue weighted by Gasteiger charge is -2.34. The Morgan fingerprint density at radius 3 is 2.43 bits per heavy atom. The number of aryl methyl sites for hydroxylation is 2. The smallest absolute Gasteiger partial charge is 0.227 e. The first-order chi connectivity index (χ1) is 11.1. The topological polar surface area (TPSA) is 46.3 Å². The molecule has 2 atom stereocenters. The van der Waals surface area contributed by atoms with Crippen molar-refractivity contribution in [3.8, 4) is 0 Å². The van der Waals surface area contributed by atoms with Gasteiger partial charge in [-0.2, -0.15) is 0 Å². The molecule has 3 rings (SSSR count). The van der Waals surface area contributed by atoms with Crippen molar-refractivity contribution in [3.63, 3.8) is 0 Å². The summed E-state index contributed by atoms with van der Waals surface area (Å²) in [6, 6.07) is 8.98. The second-order valence-electron chi connectivity index (χ2n) is 7.49. The predicted molar refractivity (Wildman–Crippen MR) is 94.1 cm³/mol. The summed E-state index contributed by atoms with van der Waals surface area (Å²) in [5.41, 5.74) is 8.85. The summed E-state index contributed by atoms with van der Waals surface area (Å²) in [6.45, 7) is 3.99. The maximum Gasteiger partial charge on any atom is 0.227 e. The molecule has 1 amide bonds. The zero-order valence-corrected chi connectivity index (χ0v) is 14.3. The van der Waals surface area contributed by atoms with E-state index in [0.29, 0.717) is 5.91 Å². The Hall–Kier alpha value is -1.35. The van der Waals surface area contributed by atoms with E-state index in [-0.39, 0.29) is 12.0 Å². The van der Waals surface area contributed by atoms with Gasteiger partial charge in [-0.15, -0.1) is 0 Å². The van der Waals surface area contributed by atoms with Crippen molar-refractivity contribution in [2.75, 3.05) is 13.1 Å². The molecule has 2 aliphatic rings. The minimum absolute atomic E-state index is 0.0964. The second kappa shape index (κ2) is 7.48. The highest BCUT2D eigenvalue weighted by Crippen LogP contribution is 2.29. The zero-order chi connectivity index (χ0) is 16.2. The molecular formula is C20H30N2O. The highest BCUT2D eigenvalue weighted by Gasteiger charge is 2.34. The van der Waals surface area contributed by atoms with Gasteiger partial charge in [0.05, 0.1) is 5.92 Å². The minimum Gasteiger partial charge on any atom is -0.342 e. The van der Waals surface area contributed by atoms with Crippen LogP contribution < -0.4 is 5.73 Å². The predicted octanol–water partition coefficient (Wildman–Crippen LogP) is 3.29. The van der Waals surface area contributed by atoms with E-state index < -0.39 is 0 Å². The van der Waals surface area contributed by atoms with Crippen LogP contribution in [0.4, 0.5) is 0 Å². The number of nitrogens with zero attached hydrogens (tertiary/aromatic N) is 1. The highest BCUT2D eigenvalue weighted by atomic mass is 16.2.